The Morgan fingerprint density at radius 2 is 2.09 bits per heavy atom. The van der Waals surface area contributed by atoms with E-state index in [1.165, 1.54) is 0 Å². The highest BCUT2D eigenvalue weighted by Gasteiger charge is 2.11. The average molecular weight is 431 g/mol. The molecule has 0 aromatic heterocycles. The van der Waals surface area contributed by atoms with Gasteiger partial charge in [-0.15, -0.1) is 0 Å². The number of ether oxygens (including phenoxy) is 1. The minimum Gasteiger partial charge on any atom is -0.466 e. The Kier molecular flexibility index (Phi) is 7.01. The molecule has 0 spiro atoms. The zero-order valence-electron chi connectivity index (χ0n) is 11.6. The van der Waals surface area contributed by atoms with Gasteiger partial charge in [0.2, 0.25) is 5.71 Å². The van der Waals surface area contributed by atoms with Crippen molar-refractivity contribution >= 4 is 55.1 Å². The number of halogens is 2. The van der Waals surface area contributed by atoms with Crippen LogP contribution >= 0.6 is 31.9 Å². The number of carbonyl (C=O) groups is 1. The number of hydrogen-bond acceptors (Lipinski definition) is 6. The van der Waals surface area contributed by atoms with Crippen molar-refractivity contribution in [1.29, 1.82) is 10.7 Å². The first-order chi connectivity index (χ1) is 10.4. The van der Waals surface area contributed by atoms with Crippen molar-refractivity contribution in [2.45, 2.75) is 13.3 Å². The maximum atomic E-state index is 11.5. The molecule has 4 N–H and O–H groups in total. The predicted octanol–water partition coefficient (Wildman–Crippen LogP) is 2.54. The van der Waals surface area contributed by atoms with E-state index in [4.69, 9.17) is 21.1 Å². The fourth-order valence-electron chi connectivity index (χ4n) is 1.47. The number of nitrogens with one attached hydrogen (secondary N) is 2. The number of benzene rings is 1. The smallest absolute Gasteiger partial charge is 0.310 e. The summed E-state index contributed by atoms with van der Waals surface area (Å²) in [6, 6.07) is 5.18. The number of hydrazone groups is 1. The van der Waals surface area contributed by atoms with Crippen LogP contribution in [0.3, 0.4) is 0 Å². The van der Waals surface area contributed by atoms with Crippen LogP contribution in [0, 0.1) is 16.7 Å². The lowest BCUT2D eigenvalue weighted by atomic mass is 10.1. The Balaban J connectivity index is 2.98. The van der Waals surface area contributed by atoms with Crippen LogP contribution < -0.4 is 11.2 Å². The normalized spacial score (nSPS) is 10.7. The molecule has 7 nitrogen and oxygen atoms in total. The Hall–Kier alpha value is -1.92. The number of carbonyl (C=O) groups excluding carboxylic acids is 1. The van der Waals surface area contributed by atoms with Gasteiger partial charge < -0.3 is 10.5 Å². The highest BCUT2D eigenvalue weighted by Crippen LogP contribution is 2.32. The maximum absolute atomic E-state index is 11.5. The SMILES string of the molecule is CCOC(=O)Cc1cc(Br)c(N/N=C(\C#N)C(=N)N)c(Br)c1. The van der Waals surface area contributed by atoms with E-state index >= 15 is 0 Å². The van der Waals surface area contributed by atoms with Crippen LogP contribution in [0.2, 0.25) is 0 Å². The molecule has 0 heterocycles. The fraction of sp³-hybridized carbons (Fsp3) is 0.231. The lowest BCUT2D eigenvalue weighted by Crippen LogP contribution is -2.22. The molecule has 1 rings (SSSR count). The second kappa shape index (κ2) is 8.51. The van der Waals surface area contributed by atoms with E-state index in [0.717, 1.165) is 5.56 Å². The molecule has 0 fully saturated rings. The summed E-state index contributed by atoms with van der Waals surface area (Å²) in [5, 5.41) is 19.7. The molecule has 0 amide bonds. The van der Waals surface area contributed by atoms with Crippen LogP contribution in [0.1, 0.15) is 12.5 Å². The van der Waals surface area contributed by atoms with E-state index in [2.05, 4.69) is 42.4 Å². The third-order valence-electron chi connectivity index (χ3n) is 2.40. The Bertz CT molecular complexity index is 644. The molecular formula is C13H13Br2N5O2. The van der Waals surface area contributed by atoms with Crippen LogP contribution in [-0.4, -0.2) is 24.1 Å². The third-order valence-corrected chi connectivity index (χ3v) is 3.65. The van der Waals surface area contributed by atoms with Gasteiger partial charge in [0.1, 0.15) is 6.07 Å². The lowest BCUT2D eigenvalue weighted by Gasteiger charge is -2.10. The fourth-order valence-corrected chi connectivity index (χ4v) is 2.93. The van der Waals surface area contributed by atoms with Gasteiger partial charge in [0.15, 0.2) is 5.84 Å². The van der Waals surface area contributed by atoms with Crippen molar-refractivity contribution in [2.24, 2.45) is 10.8 Å². The van der Waals surface area contributed by atoms with Crippen LogP contribution in [0.15, 0.2) is 26.2 Å². The molecule has 0 aliphatic rings. The summed E-state index contributed by atoms with van der Waals surface area (Å²) in [4.78, 5) is 11.5. The lowest BCUT2D eigenvalue weighted by molar-refractivity contribution is -0.142. The maximum Gasteiger partial charge on any atom is 0.310 e. The Morgan fingerprint density at radius 1 is 1.50 bits per heavy atom. The number of nitriles is 1. The molecule has 0 bridgehead atoms. The summed E-state index contributed by atoms with van der Waals surface area (Å²) in [7, 11) is 0. The van der Waals surface area contributed by atoms with Crippen molar-refractivity contribution in [2.75, 3.05) is 12.0 Å². The van der Waals surface area contributed by atoms with E-state index in [9.17, 15) is 4.79 Å². The zero-order valence-corrected chi connectivity index (χ0v) is 14.8. The van der Waals surface area contributed by atoms with Crippen molar-refractivity contribution in [3.63, 3.8) is 0 Å². The summed E-state index contributed by atoms with van der Waals surface area (Å²) in [5.41, 5.74) is 8.93. The van der Waals surface area contributed by atoms with E-state index in [1.54, 1.807) is 25.1 Å². The van der Waals surface area contributed by atoms with Gasteiger partial charge in [-0.3, -0.25) is 15.6 Å². The molecule has 0 aliphatic carbocycles. The van der Waals surface area contributed by atoms with E-state index in [-0.39, 0.29) is 18.1 Å². The van der Waals surface area contributed by atoms with Crippen LogP contribution in [-0.2, 0) is 16.0 Å². The molecule has 1 aromatic rings. The minimum absolute atomic E-state index is 0.144. The minimum atomic E-state index is -0.429. The molecule has 22 heavy (non-hydrogen) atoms. The van der Waals surface area contributed by atoms with Crippen LogP contribution in [0.4, 0.5) is 5.69 Å². The molecule has 0 atom stereocenters. The molecule has 0 unspecified atom stereocenters. The molecule has 1 aromatic carbocycles. The molecule has 0 aliphatic heterocycles. The van der Waals surface area contributed by atoms with E-state index < -0.39 is 5.84 Å². The molecule has 0 saturated carbocycles. The van der Waals surface area contributed by atoms with Crippen molar-refractivity contribution in [3.05, 3.63) is 26.6 Å². The molecular weight excluding hydrogens is 418 g/mol. The van der Waals surface area contributed by atoms with Crippen LogP contribution in [0.5, 0.6) is 0 Å². The topological polar surface area (TPSA) is 124 Å². The standard InChI is InChI=1S/C13H13Br2N5O2/c1-2-22-11(21)5-7-3-8(14)12(9(15)4-7)20-19-10(6-16)13(17)18/h3-4,20H,2,5H2,1H3,(H3,17,18)/b19-10+. The Labute approximate surface area is 144 Å². The van der Waals surface area contributed by atoms with Gasteiger partial charge in [-0.2, -0.15) is 10.4 Å². The number of nitrogens with two attached hydrogens (primary N) is 1. The number of anilines is 1. The molecule has 116 valence electrons. The third kappa shape index (κ3) is 5.13. The van der Waals surface area contributed by atoms with Crippen molar-refractivity contribution in [1.82, 2.24) is 0 Å². The van der Waals surface area contributed by atoms with Gasteiger partial charge in [0.05, 0.1) is 18.7 Å². The first kappa shape index (κ1) is 18.1. The van der Waals surface area contributed by atoms with Gasteiger partial charge in [0, 0.05) is 8.95 Å². The summed E-state index contributed by atoms with van der Waals surface area (Å²) < 4.78 is 6.16. The number of nitrogens with zero attached hydrogens (tertiary/aromatic N) is 2. The molecule has 0 saturated heterocycles. The number of esters is 1. The van der Waals surface area contributed by atoms with Crippen LogP contribution in [0.25, 0.3) is 0 Å². The number of amidine groups is 1. The zero-order chi connectivity index (χ0) is 16.7. The average Bonchev–Trinajstić information content (AvgIpc) is 2.41. The first-order valence-corrected chi connectivity index (χ1v) is 7.69. The van der Waals surface area contributed by atoms with Gasteiger partial charge in [-0.05, 0) is 56.5 Å². The number of rotatable bonds is 6. The Morgan fingerprint density at radius 3 is 2.55 bits per heavy atom. The highest BCUT2D eigenvalue weighted by atomic mass is 79.9. The highest BCUT2D eigenvalue weighted by molar-refractivity contribution is 9.11. The second-order valence-electron chi connectivity index (χ2n) is 4.01. The van der Waals surface area contributed by atoms with Gasteiger partial charge >= 0.3 is 5.97 Å². The largest absolute Gasteiger partial charge is 0.466 e. The van der Waals surface area contributed by atoms with Crippen molar-refractivity contribution < 1.29 is 9.53 Å². The van der Waals surface area contributed by atoms with Gasteiger partial charge in [0.25, 0.3) is 0 Å². The van der Waals surface area contributed by atoms with Gasteiger partial charge in [-0.25, -0.2) is 0 Å². The van der Waals surface area contributed by atoms with Crippen molar-refractivity contribution in [3.8, 4) is 6.07 Å². The molecule has 0 radical (unpaired) electrons. The monoisotopic (exact) mass is 429 g/mol. The summed E-state index contributed by atoms with van der Waals surface area (Å²) >= 11 is 6.71. The second-order valence-corrected chi connectivity index (χ2v) is 5.72. The quantitative estimate of drug-likeness (QED) is 0.277. The number of hydrogen-bond donors (Lipinski definition) is 3. The van der Waals surface area contributed by atoms with E-state index in [1.807, 2.05) is 0 Å². The summed E-state index contributed by atoms with van der Waals surface area (Å²) in [6.45, 7) is 2.08. The summed E-state index contributed by atoms with van der Waals surface area (Å²) in [5.74, 6) is -0.746. The predicted molar refractivity (Wildman–Crippen MR) is 90.8 cm³/mol. The molecule has 9 heteroatoms. The van der Waals surface area contributed by atoms with E-state index in [0.29, 0.717) is 21.2 Å². The van der Waals surface area contributed by atoms with Gasteiger partial charge in [-0.1, -0.05) is 0 Å². The summed E-state index contributed by atoms with van der Waals surface area (Å²) in [6.07, 6.45) is 0.144. The first-order valence-electron chi connectivity index (χ1n) is 6.10.